The van der Waals surface area contributed by atoms with Crippen molar-refractivity contribution in [2.75, 3.05) is 39.6 Å². The first-order chi connectivity index (χ1) is 11.3. The van der Waals surface area contributed by atoms with Gasteiger partial charge in [-0.05, 0) is 32.6 Å². The van der Waals surface area contributed by atoms with Gasteiger partial charge < -0.3 is 22.8 Å². The van der Waals surface area contributed by atoms with Gasteiger partial charge in [-0.1, -0.05) is 26.7 Å². The molecule has 0 saturated carbocycles. The number of unbranched alkanes of at least 4 members (excludes halogenated alkanes) is 3. The van der Waals surface area contributed by atoms with Crippen LogP contribution in [0.25, 0.3) is 0 Å². The van der Waals surface area contributed by atoms with Crippen molar-refractivity contribution in [1.29, 1.82) is 0 Å². The van der Waals surface area contributed by atoms with E-state index in [-0.39, 0.29) is 0 Å². The molecular formula is C17H36O5Si. The second-order valence-electron chi connectivity index (χ2n) is 6.01. The van der Waals surface area contributed by atoms with Gasteiger partial charge in [-0.2, -0.15) is 0 Å². The van der Waals surface area contributed by atoms with Gasteiger partial charge in [0, 0.05) is 32.5 Å². The summed E-state index contributed by atoms with van der Waals surface area (Å²) in [6, 6.07) is 0.886. The highest BCUT2D eigenvalue weighted by Crippen LogP contribution is 2.21. The molecule has 0 bridgehead atoms. The van der Waals surface area contributed by atoms with Gasteiger partial charge >= 0.3 is 8.80 Å². The van der Waals surface area contributed by atoms with Crippen molar-refractivity contribution >= 4 is 8.80 Å². The molecule has 1 unspecified atom stereocenters. The van der Waals surface area contributed by atoms with Crippen molar-refractivity contribution in [2.45, 2.75) is 71.4 Å². The van der Waals surface area contributed by atoms with Gasteiger partial charge in [-0.25, -0.2) is 0 Å². The van der Waals surface area contributed by atoms with Crippen molar-refractivity contribution in [3.05, 3.63) is 0 Å². The Morgan fingerprint density at radius 2 is 1.52 bits per heavy atom. The lowest BCUT2D eigenvalue weighted by atomic mass is 10.3. The average Bonchev–Trinajstić information content (AvgIpc) is 3.36. The topological polar surface area (TPSA) is 49.5 Å². The standard InChI is InChI=1S/C17H36O5Si/c1-4-7-12-21-23(20-6-3,22-13-8-5-2)14-10-9-11-18-15-17-16-19-17/h17H,4-16H2,1-3H3. The van der Waals surface area contributed by atoms with Crippen molar-refractivity contribution in [1.82, 2.24) is 0 Å². The maximum absolute atomic E-state index is 6.15. The summed E-state index contributed by atoms with van der Waals surface area (Å²) in [5.41, 5.74) is 0. The van der Waals surface area contributed by atoms with Gasteiger partial charge in [0.2, 0.25) is 0 Å². The number of hydrogen-bond donors (Lipinski definition) is 0. The molecule has 1 heterocycles. The molecule has 0 spiro atoms. The molecule has 0 N–H and O–H groups in total. The summed E-state index contributed by atoms with van der Waals surface area (Å²) in [4.78, 5) is 0. The molecule has 1 rings (SSSR count). The zero-order valence-electron chi connectivity index (χ0n) is 15.3. The Kier molecular flexibility index (Phi) is 12.2. The molecule has 0 amide bonds. The van der Waals surface area contributed by atoms with Crippen LogP contribution in [0.5, 0.6) is 0 Å². The molecule has 23 heavy (non-hydrogen) atoms. The van der Waals surface area contributed by atoms with Crippen LogP contribution >= 0.6 is 0 Å². The molecule has 1 atom stereocenters. The summed E-state index contributed by atoms with van der Waals surface area (Å²) < 4.78 is 29.0. The second kappa shape index (κ2) is 13.3. The van der Waals surface area contributed by atoms with E-state index in [0.29, 0.717) is 12.7 Å². The summed E-state index contributed by atoms with van der Waals surface area (Å²) in [5.74, 6) is 0. The number of rotatable bonds is 17. The van der Waals surface area contributed by atoms with Crippen molar-refractivity contribution in [3.63, 3.8) is 0 Å². The monoisotopic (exact) mass is 348 g/mol. The minimum Gasteiger partial charge on any atom is -0.379 e. The molecule has 1 aliphatic heterocycles. The molecule has 6 heteroatoms. The van der Waals surface area contributed by atoms with E-state index in [9.17, 15) is 0 Å². The maximum atomic E-state index is 6.15. The fourth-order valence-corrected chi connectivity index (χ4v) is 4.95. The highest BCUT2D eigenvalue weighted by Gasteiger charge is 2.40. The zero-order chi connectivity index (χ0) is 16.8. The van der Waals surface area contributed by atoms with E-state index >= 15 is 0 Å². The zero-order valence-corrected chi connectivity index (χ0v) is 16.3. The van der Waals surface area contributed by atoms with Crippen molar-refractivity contribution in [3.8, 4) is 0 Å². The highest BCUT2D eigenvalue weighted by atomic mass is 28.4. The van der Waals surface area contributed by atoms with Crippen LogP contribution in [0.3, 0.4) is 0 Å². The quantitative estimate of drug-likeness (QED) is 0.227. The van der Waals surface area contributed by atoms with E-state index in [1.807, 2.05) is 6.92 Å². The molecule has 1 fully saturated rings. The molecule has 0 aromatic carbocycles. The third-order valence-electron chi connectivity index (χ3n) is 3.73. The van der Waals surface area contributed by atoms with Crippen LogP contribution in [0, 0.1) is 0 Å². The Morgan fingerprint density at radius 3 is 2.04 bits per heavy atom. The van der Waals surface area contributed by atoms with Crippen LogP contribution in [0.1, 0.15) is 59.3 Å². The minimum absolute atomic E-state index is 0.349. The van der Waals surface area contributed by atoms with Crippen LogP contribution in [0.15, 0.2) is 0 Å². The lowest BCUT2D eigenvalue weighted by molar-refractivity contribution is 0.0591. The first-order valence-corrected chi connectivity index (χ1v) is 11.3. The van der Waals surface area contributed by atoms with Crippen LogP contribution in [0.4, 0.5) is 0 Å². The summed E-state index contributed by atoms with van der Waals surface area (Å²) in [7, 11) is -2.52. The largest absolute Gasteiger partial charge is 0.500 e. The molecule has 0 aromatic rings. The van der Waals surface area contributed by atoms with Crippen LogP contribution < -0.4 is 0 Å². The Labute approximate surface area is 143 Å². The lowest BCUT2D eigenvalue weighted by Gasteiger charge is -2.29. The predicted molar refractivity (Wildman–Crippen MR) is 93.7 cm³/mol. The van der Waals surface area contributed by atoms with E-state index < -0.39 is 8.80 Å². The van der Waals surface area contributed by atoms with E-state index in [0.717, 1.165) is 77.6 Å². The maximum Gasteiger partial charge on any atom is 0.500 e. The molecule has 0 aliphatic carbocycles. The average molecular weight is 349 g/mol. The SMILES string of the molecule is CCCCO[Si](CCCCOCC1CO1)(OCC)OCCCC. The molecule has 0 radical (unpaired) electrons. The number of epoxide rings is 1. The first-order valence-electron chi connectivity index (χ1n) is 9.37. The van der Waals surface area contributed by atoms with Crippen LogP contribution in [0.2, 0.25) is 6.04 Å². The smallest absolute Gasteiger partial charge is 0.379 e. The van der Waals surface area contributed by atoms with Gasteiger partial charge in [0.25, 0.3) is 0 Å². The normalized spacial score (nSPS) is 17.6. The Bertz CT molecular complexity index is 264. The van der Waals surface area contributed by atoms with Crippen LogP contribution in [-0.2, 0) is 22.8 Å². The van der Waals surface area contributed by atoms with E-state index in [1.54, 1.807) is 0 Å². The van der Waals surface area contributed by atoms with E-state index in [1.165, 1.54) is 0 Å². The Morgan fingerprint density at radius 1 is 0.870 bits per heavy atom. The molecule has 1 saturated heterocycles. The van der Waals surface area contributed by atoms with Gasteiger partial charge in [0.15, 0.2) is 0 Å². The van der Waals surface area contributed by atoms with E-state index in [4.69, 9.17) is 22.8 Å². The van der Waals surface area contributed by atoms with Crippen molar-refractivity contribution < 1.29 is 22.8 Å². The molecule has 5 nitrogen and oxygen atoms in total. The van der Waals surface area contributed by atoms with Gasteiger partial charge in [-0.15, -0.1) is 0 Å². The lowest BCUT2D eigenvalue weighted by Crippen LogP contribution is -2.46. The Hall–Kier alpha value is 0.0169. The Balaban J connectivity index is 2.31. The number of ether oxygens (including phenoxy) is 2. The second-order valence-corrected chi connectivity index (χ2v) is 8.74. The predicted octanol–water partition coefficient (Wildman–Crippen LogP) is 3.79. The van der Waals surface area contributed by atoms with Gasteiger partial charge in [0.05, 0.1) is 13.2 Å². The summed E-state index contributed by atoms with van der Waals surface area (Å²) in [6.07, 6.45) is 6.76. The molecule has 0 aromatic heterocycles. The van der Waals surface area contributed by atoms with Crippen molar-refractivity contribution in [2.24, 2.45) is 0 Å². The molecular weight excluding hydrogens is 312 g/mol. The fraction of sp³-hybridized carbons (Fsp3) is 1.00. The minimum atomic E-state index is -2.52. The van der Waals surface area contributed by atoms with Gasteiger partial charge in [-0.3, -0.25) is 0 Å². The van der Waals surface area contributed by atoms with E-state index in [2.05, 4.69) is 13.8 Å². The summed E-state index contributed by atoms with van der Waals surface area (Å²) >= 11 is 0. The third-order valence-corrected chi connectivity index (χ3v) is 6.71. The molecule has 1 aliphatic rings. The third kappa shape index (κ3) is 10.5. The highest BCUT2D eigenvalue weighted by molar-refractivity contribution is 6.60. The summed E-state index contributed by atoms with van der Waals surface area (Å²) in [6.45, 7) is 10.9. The van der Waals surface area contributed by atoms with Gasteiger partial charge in [0.1, 0.15) is 6.10 Å². The summed E-state index contributed by atoms with van der Waals surface area (Å²) in [5, 5.41) is 0. The number of hydrogen-bond acceptors (Lipinski definition) is 5. The van der Waals surface area contributed by atoms with Crippen LogP contribution in [-0.4, -0.2) is 54.5 Å². The first kappa shape index (κ1) is 21.1. The molecule has 138 valence electrons. The fourth-order valence-electron chi connectivity index (χ4n) is 2.23.